The van der Waals surface area contributed by atoms with Crippen LogP contribution in [0, 0.1) is 5.92 Å². The Hall–Kier alpha value is 0.01000. The highest BCUT2D eigenvalue weighted by molar-refractivity contribution is 9.10. The van der Waals surface area contributed by atoms with E-state index in [1.165, 1.54) is 34.4 Å². The molecule has 96 valence electrons. The average Bonchev–Trinajstić information content (AvgIpc) is 2.35. The minimum atomic E-state index is 0.617. The molecule has 0 aliphatic heterocycles. The van der Waals surface area contributed by atoms with Gasteiger partial charge in [-0.2, -0.15) is 11.8 Å². The van der Waals surface area contributed by atoms with Crippen LogP contribution in [-0.2, 0) is 6.42 Å². The van der Waals surface area contributed by atoms with Crippen LogP contribution < -0.4 is 5.73 Å². The van der Waals surface area contributed by atoms with Gasteiger partial charge in [-0.05, 0) is 54.9 Å². The fourth-order valence-corrected chi connectivity index (χ4v) is 3.00. The number of rotatable bonds is 8. The monoisotopic (exact) mass is 315 g/mol. The van der Waals surface area contributed by atoms with Crippen molar-refractivity contribution in [2.75, 3.05) is 18.1 Å². The minimum absolute atomic E-state index is 0.617. The Balaban J connectivity index is 2.38. The maximum atomic E-state index is 5.86. The molecule has 3 heteroatoms. The second-order valence-electron chi connectivity index (χ2n) is 4.24. The predicted molar refractivity (Wildman–Crippen MR) is 82.6 cm³/mol. The van der Waals surface area contributed by atoms with Crippen LogP contribution in [0.4, 0.5) is 0 Å². The van der Waals surface area contributed by atoms with E-state index in [1.54, 1.807) is 0 Å². The van der Waals surface area contributed by atoms with Crippen molar-refractivity contribution >= 4 is 27.7 Å². The lowest BCUT2D eigenvalue weighted by molar-refractivity contribution is 0.489. The van der Waals surface area contributed by atoms with Gasteiger partial charge in [0.05, 0.1) is 0 Å². The molecule has 17 heavy (non-hydrogen) atoms. The summed E-state index contributed by atoms with van der Waals surface area (Å²) in [6.07, 6.45) is 3.62. The molecule has 0 heterocycles. The van der Waals surface area contributed by atoms with Crippen LogP contribution in [0.2, 0.25) is 0 Å². The quantitative estimate of drug-likeness (QED) is 0.731. The van der Waals surface area contributed by atoms with E-state index in [1.807, 2.05) is 11.8 Å². The zero-order valence-corrected chi connectivity index (χ0v) is 12.9. The van der Waals surface area contributed by atoms with E-state index in [2.05, 4.69) is 47.1 Å². The van der Waals surface area contributed by atoms with Gasteiger partial charge in [0.25, 0.3) is 0 Å². The first-order valence-electron chi connectivity index (χ1n) is 6.29. The van der Waals surface area contributed by atoms with Gasteiger partial charge in [0, 0.05) is 4.47 Å². The van der Waals surface area contributed by atoms with Gasteiger partial charge in [0.1, 0.15) is 0 Å². The van der Waals surface area contributed by atoms with Crippen LogP contribution in [0.5, 0.6) is 0 Å². The number of halogens is 1. The lowest BCUT2D eigenvalue weighted by atomic mass is 9.95. The van der Waals surface area contributed by atoms with Crippen LogP contribution >= 0.6 is 27.7 Å². The van der Waals surface area contributed by atoms with Crippen molar-refractivity contribution in [3.63, 3.8) is 0 Å². The summed E-state index contributed by atoms with van der Waals surface area (Å²) in [7, 11) is 0. The average molecular weight is 316 g/mol. The normalized spacial score (nSPS) is 12.6. The van der Waals surface area contributed by atoms with Gasteiger partial charge in [-0.3, -0.25) is 0 Å². The second kappa shape index (κ2) is 9.01. The molecule has 1 aromatic carbocycles. The molecule has 1 nitrogen and oxygen atoms in total. The van der Waals surface area contributed by atoms with Crippen molar-refractivity contribution < 1.29 is 0 Å². The fraction of sp³-hybridized carbons (Fsp3) is 0.571. The van der Waals surface area contributed by atoms with Crippen LogP contribution in [0.15, 0.2) is 28.7 Å². The predicted octanol–water partition coefficient (Wildman–Crippen LogP) is 4.10. The van der Waals surface area contributed by atoms with E-state index in [4.69, 9.17) is 5.73 Å². The van der Waals surface area contributed by atoms with Gasteiger partial charge in [0.2, 0.25) is 0 Å². The molecular weight excluding hydrogens is 294 g/mol. The van der Waals surface area contributed by atoms with Crippen LogP contribution in [0.3, 0.4) is 0 Å². The molecule has 0 amide bonds. The fourth-order valence-electron chi connectivity index (χ4n) is 1.90. The summed E-state index contributed by atoms with van der Waals surface area (Å²) in [5.74, 6) is 3.10. The summed E-state index contributed by atoms with van der Waals surface area (Å²) < 4.78 is 1.21. The smallest absolute Gasteiger partial charge is 0.0207 e. The summed E-state index contributed by atoms with van der Waals surface area (Å²) in [6, 6.07) is 8.45. The Morgan fingerprint density at radius 3 is 2.76 bits per heavy atom. The summed E-state index contributed by atoms with van der Waals surface area (Å²) in [5, 5.41) is 0. The zero-order chi connectivity index (χ0) is 12.5. The number of hydrogen-bond acceptors (Lipinski definition) is 2. The third kappa shape index (κ3) is 5.94. The van der Waals surface area contributed by atoms with Crippen LogP contribution in [-0.4, -0.2) is 18.1 Å². The second-order valence-corrected chi connectivity index (χ2v) is 6.48. The molecule has 2 N–H and O–H groups in total. The van der Waals surface area contributed by atoms with Crippen LogP contribution in [0.25, 0.3) is 0 Å². The van der Waals surface area contributed by atoms with E-state index >= 15 is 0 Å². The maximum absolute atomic E-state index is 5.86. The molecule has 1 aromatic rings. The minimum Gasteiger partial charge on any atom is -0.330 e. The molecule has 0 radical (unpaired) electrons. The first-order chi connectivity index (χ1) is 8.27. The summed E-state index contributed by atoms with van der Waals surface area (Å²) >= 11 is 5.62. The van der Waals surface area contributed by atoms with Crippen molar-refractivity contribution in [1.82, 2.24) is 0 Å². The maximum Gasteiger partial charge on any atom is 0.0207 e. The van der Waals surface area contributed by atoms with Crippen molar-refractivity contribution in [2.45, 2.75) is 26.2 Å². The Kier molecular flexibility index (Phi) is 7.99. The molecule has 1 rings (SSSR count). The molecule has 0 bridgehead atoms. The van der Waals surface area contributed by atoms with E-state index in [0.717, 1.165) is 13.0 Å². The molecule has 0 saturated heterocycles. The van der Waals surface area contributed by atoms with Gasteiger partial charge in [-0.1, -0.05) is 41.1 Å². The van der Waals surface area contributed by atoms with E-state index in [0.29, 0.717) is 5.92 Å². The topological polar surface area (TPSA) is 26.0 Å². The molecule has 0 spiro atoms. The van der Waals surface area contributed by atoms with E-state index < -0.39 is 0 Å². The van der Waals surface area contributed by atoms with E-state index in [-0.39, 0.29) is 0 Å². The molecule has 0 aliphatic rings. The molecule has 0 saturated carbocycles. The molecule has 0 aromatic heterocycles. The van der Waals surface area contributed by atoms with Crippen LogP contribution in [0.1, 0.15) is 25.3 Å². The van der Waals surface area contributed by atoms with Gasteiger partial charge in [-0.25, -0.2) is 0 Å². The molecule has 0 fully saturated rings. The van der Waals surface area contributed by atoms with Crippen molar-refractivity contribution in [3.05, 3.63) is 34.3 Å². The summed E-state index contributed by atoms with van der Waals surface area (Å²) in [4.78, 5) is 0. The van der Waals surface area contributed by atoms with Gasteiger partial charge < -0.3 is 5.73 Å². The highest BCUT2D eigenvalue weighted by Crippen LogP contribution is 2.21. The van der Waals surface area contributed by atoms with Crippen molar-refractivity contribution in [1.29, 1.82) is 0 Å². The molecular formula is C14H22BrNS. The molecule has 1 unspecified atom stereocenters. The lowest BCUT2D eigenvalue weighted by Gasteiger charge is -2.15. The highest BCUT2D eigenvalue weighted by atomic mass is 79.9. The Bertz CT molecular complexity index is 317. The Labute approximate surface area is 118 Å². The third-order valence-electron chi connectivity index (χ3n) is 2.90. The van der Waals surface area contributed by atoms with Gasteiger partial charge in [-0.15, -0.1) is 0 Å². The van der Waals surface area contributed by atoms with Gasteiger partial charge in [0.15, 0.2) is 0 Å². The Morgan fingerprint density at radius 2 is 2.12 bits per heavy atom. The summed E-state index contributed by atoms with van der Waals surface area (Å²) in [6.45, 7) is 3.00. The molecule has 0 aliphatic carbocycles. The Morgan fingerprint density at radius 1 is 1.35 bits per heavy atom. The first-order valence-corrected chi connectivity index (χ1v) is 8.24. The zero-order valence-electron chi connectivity index (χ0n) is 10.5. The largest absolute Gasteiger partial charge is 0.330 e. The van der Waals surface area contributed by atoms with Crippen molar-refractivity contribution in [2.24, 2.45) is 11.7 Å². The first kappa shape index (κ1) is 15.1. The SMILES string of the molecule is CCSCCCC(CN)Cc1ccccc1Br. The standard InChI is InChI=1S/C14H22BrNS/c1-2-17-9-5-6-12(11-16)10-13-7-3-4-8-14(13)15/h3-4,7-8,12H,2,5-6,9-11,16H2,1H3. The number of benzene rings is 1. The number of nitrogens with two attached hydrogens (primary N) is 1. The summed E-state index contributed by atoms with van der Waals surface area (Å²) in [5.41, 5.74) is 7.24. The van der Waals surface area contributed by atoms with Gasteiger partial charge >= 0.3 is 0 Å². The number of hydrogen-bond donors (Lipinski definition) is 1. The third-order valence-corrected chi connectivity index (χ3v) is 4.66. The number of thioether (sulfide) groups is 1. The highest BCUT2D eigenvalue weighted by Gasteiger charge is 2.09. The lowest BCUT2D eigenvalue weighted by Crippen LogP contribution is -2.17. The van der Waals surface area contributed by atoms with Crippen molar-refractivity contribution in [3.8, 4) is 0 Å². The van der Waals surface area contributed by atoms with E-state index in [9.17, 15) is 0 Å². The molecule has 1 atom stereocenters.